The molecule has 0 bridgehead atoms. The van der Waals surface area contributed by atoms with Gasteiger partial charge in [-0.3, -0.25) is 0 Å². The summed E-state index contributed by atoms with van der Waals surface area (Å²) >= 11 is 0. The third-order valence-corrected chi connectivity index (χ3v) is 3.24. The number of hydrogen-bond acceptors (Lipinski definition) is 0. The minimum Gasteiger partial charge on any atom is -0.0958 e. The molecule has 0 aromatic heterocycles. The van der Waals surface area contributed by atoms with Crippen LogP contribution in [0.2, 0.25) is 0 Å². The van der Waals surface area contributed by atoms with Crippen molar-refractivity contribution in [2.24, 2.45) is 11.8 Å². The van der Waals surface area contributed by atoms with Crippen molar-refractivity contribution in [3.8, 4) is 0 Å². The van der Waals surface area contributed by atoms with Gasteiger partial charge in [0.2, 0.25) is 0 Å². The van der Waals surface area contributed by atoms with Crippen LogP contribution in [-0.4, -0.2) is 0 Å². The van der Waals surface area contributed by atoms with Crippen molar-refractivity contribution < 1.29 is 0 Å². The summed E-state index contributed by atoms with van der Waals surface area (Å²) in [5.74, 6) is 1.40. The largest absolute Gasteiger partial charge is 0.0958 e. The lowest BCUT2D eigenvalue weighted by atomic mass is 9.89. The summed E-state index contributed by atoms with van der Waals surface area (Å²) < 4.78 is 0. The van der Waals surface area contributed by atoms with E-state index in [0.717, 1.165) is 12.3 Å². The van der Waals surface area contributed by atoms with Crippen LogP contribution in [0.1, 0.15) is 46.5 Å². The van der Waals surface area contributed by atoms with Gasteiger partial charge >= 0.3 is 0 Å². The monoisotopic (exact) mass is 204 g/mol. The SMILES string of the molecule is C=C1/C=C/[C@H](C(C)C)C/C=C(/C)CCC1. The quantitative estimate of drug-likeness (QED) is 0.533. The molecule has 0 fully saturated rings. The lowest BCUT2D eigenvalue weighted by molar-refractivity contribution is 0.468. The Morgan fingerprint density at radius 2 is 2.07 bits per heavy atom. The molecule has 0 heterocycles. The molecule has 0 aliphatic heterocycles. The molecular weight excluding hydrogens is 180 g/mol. The molecule has 0 radical (unpaired) electrons. The number of allylic oxidation sites excluding steroid dienone is 5. The molecule has 0 aromatic carbocycles. The Bertz CT molecular complexity index is 266. The smallest absolute Gasteiger partial charge is 0.0173 e. The average molecular weight is 204 g/mol. The third-order valence-electron chi connectivity index (χ3n) is 3.24. The second kappa shape index (κ2) is 5.95. The normalized spacial score (nSPS) is 29.7. The van der Waals surface area contributed by atoms with E-state index in [4.69, 9.17) is 0 Å². The summed E-state index contributed by atoms with van der Waals surface area (Å²) in [6.07, 6.45) is 11.8. The van der Waals surface area contributed by atoms with Crippen LogP contribution in [0.3, 0.4) is 0 Å². The topological polar surface area (TPSA) is 0 Å². The molecule has 1 rings (SSSR count). The zero-order valence-corrected chi connectivity index (χ0v) is 10.4. The predicted octanol–water partition coefficient (Wildman–Crippen LogP) is 4.89. The molecule has 0 N–H and O–H groups in total. The van der Waals surface area contributed by atoms with Crippen LogP contribution < -0.4 is 0 Å². The van der Waals surface area contributed by atoms with Crippen LogP contribution in [0.4, 0.5) is 0 Å². The van der Waals surface area contributed by atoms with Gasteiger partial charge in [0.25, 0.3) is 0 Å². The van der Waals surface area contributed by atoms with Gasteiger partial charge in [-0.1, -0.05) is 49.8 Å². The Balaban J connectivity index is 2.73. The summed E-state index contributed by atoms with van der Waals surface area (Å²) in [6.45, 7) is 11.0. The molecule has 15 heavy (non-hydrogen) atoms. The van der Waals surface area contributed by atoms with Gasteiger partial charge in [0.15, 0.2) is 0 Å². The standard InChI is InChI=1S/C15H24/c1-12(2)15-10-8-13(3)6-5-7-14(4)9-11-15/h8-10,12,15H,3,5-7,11H2,1-2,4H3/b10-8+,14-9-/t15-/m0/s1. The highest BCUT2D eigenvalue weighted by Crippen LogP contribution is 2.22. The molecule has 0 amide bonds. The van der Waals surface area contributed by atoms with Gasteiger partial charge in [0.05, 0.1) is 0 Å². The molecule has 0 nitrogen and oxygen atoms in total. The van der Waals surface area contributed by atoms with Crippen molar-refractivity contribution in [1.29, 1.82) is 0 Å². The van der Waals surface area contributed by atoms with Gasteiger partial charge in [0.1, 0.15) is 0 Å². The van der Waals surface area contributed by atoms with Crippen molar-refractivity contribution in [1.82, 2.24) is 0 Å². The molecular formula is C15H24. The molecule has 0 spiro atoms. The van der Waals surface area contributed by atoms with E-state index >= 15 is 0 Å². The van der Waals surface area contributed by atoms with Gasteiger partial charge < -0.3 is 0 Å². The van der Waals surface area contributed by atoms with E-state index in [1.807, 2.05) is 0 Å². The van der Waals surface area contributed by atoms with Gasteiger partial charge in [-0.15, -0.1) is 0 Å². The van der Waals surface area contributed by atoms with Crippen LogP contribution >= 0.6 is 0 Å². The van der Waals surface area contributed by atoms with E-state index in [1.165, 1.54) is 24.8 Å². The summed E-state index contributed by atoms with van der Waals surface area (Å²) in [4.78, 5) is 0. The van der Waals surface area contributed by atoms with Gasteiger partial charge in [-0.25, -0.2) is 0 Å². The first-order valence-corrected chi connectivity index (χ1v) is 6.11. The molecule has 1 atom stereocenters. The summed E-state index contributed by atoms with van der Waals surface area (Å²) in [5.41, 5.74) is 2.83. The second-order valence-electron chi connectivity index (χ2n) is 5.06. The minimum absolute atomic E-state index is 0.676. The minimum atomic E-state index is 0.676. The maximum absolute atomic E-state index is 4.10. The summed E-state index contributed by atoms with van der Waals surface area (Å²) in [7, 11) is 0. The fourth-order valence-corrected chi connectivity index (χ4v) is 1.95. The van der Waals surface area contributed by atoms with E-state index in [0.29, 0.717) is 5.92 Å². The summed E-state index contributed by atoms with van der Waals surface area (Å²) in [6, 6.07) is 0. The van der Waals surface area contributed by atoms with Crippen LogP contribution in [-0.2, 0) is 0 Å². The molecule has 1 aliphatic carbocycles. The van der Waals surface area contributed by atoms with Gasteiger partial charge in [-0.05, 0) is 44.4 Å². The lowest BCUT2D eigenvalue weighted by Crippen LogP contribution is -2.05. The molecule has 0 saturated carbocycles. The number of rotatable bonds is 1. The van der Waals surface area contributed by atoms with Gasteiger partial charge in [-0.2, -0.15) is 0 Å². The first kappa shape index (κ1) is 12.3. The van der Waals surface area contributed by atoms with Crippen LogP contribution in [0.15, 0.2) is 36.0 Å². The highest BCUT2D eigenvalue weighted by molar-refractivity contribution is 5.17. The van der Waals surface area contributed by atoms with Crippen LogP contribution in [0.5, 0.6) is 0 Å². The Labute approximate surface area is 94.8 Å². The van der Waals surface area contributed by atoms with Crippen molar-refractivity contribution in [2.45, 2.75) is 46.5 Å². The molecule has 0 saturated heterocycles. The first-order chi connectivity index (χ1) is 7.09. The molecule has 0 unspecified atom stereocenters. The summed E-state index contributed by atoms with van der Waals surface area (Å²) in [5, 5.41) is 0. The first-order valence-electron chi connectivity index (χ1n) is 6.11. The Morgan fingerprint density at radius 3 is 2.73 bits per heavy atom. The maximum Gasteiger partial charge on any atom is -0.0173 e. The highest BCUT2D eigenvalue weighted by atomic mass is 14.1. The number of hydrogen-bond donors (Lipinski definition) is 0. The molecule has 1 aliphatic rings. The zero-order chi connectivity index (χ0) is 11.3. The van der Waals surface area contributed by atoms with E-state index in [-0.39, 0.29) is 0 Å². The fourth-order valence-electron chi connectivity index (χ4n) is 1.95. The van der Waals surface area contributed by atoms with E-state index < -0.39 is 0 Å². The Hall–Kier alpha value is -0.780. The van der Waals surface area contributed by atoms with Crippen molar-refractivity contribution in [3.63, 3.8) is 0 Å². The van der Waals surface area contributed by atoms with Crippen molar-refractivity contribution >= 4 is 0 Å². The second-order valence-corrected chi connectivity index (χ2v) is 5.06. The molecule has 0 heteroatoms. The van der Waals surface area contributed by atoms with Crippen LogP contribution in [0.25, 0.3) is 0 Å². The lowest BCUT2D eigenvalue weighted by Gasteiger charge is -2.17. The van der Waals surface area contributed by atoms with E-state index in [9.17, 15) is 0 Å². The molecule has 0 aromatic rings. The van der Waals surface area contributed by atoms with Gasteiger partial charge in [0, 0.05) is 0 Å². The average Bonchev–Trinajstić information content (AvgIpc) is 2.16. The van der Waals surface area contributed by atoms with E-state index in [1.54, 1.807) is 5.57 Å². The zero-order valence-electron chi connectivity index (χ0n) is 10.4. The Morgan fingerprint density at radius 1 is 1.33 bits per heavy atom. The third kappa shape index (κ3) is 4.51. The van der Waals surface area contributed by atoms with E-state index in [2.05, 4.69) is 45.6 Å². The predicted molar refractivity (Wildman–Crippen MR) is 68.8 cm³/mol. The Kier molecular flexibility index (Phi) is 4.87. The maximum atomic E-state index is 4.10. The fraction of sp³-hybridized carbons (Fsp3) is 0.600. The molecule has 84 valence electrons. The van der Waals surface area contributed by atoms with Crippen LogP contribution in [0, 0.1) is 11.8 Å². The highest BCUT2D eigenvalue weighted by Gasteiger charge is 2.09. The van der Waals surface area contributed by atoms with Crippen molar-refractivity contribution in [2.75, 3.05) is 0 Å². The van der Waals surface area contributed by atoms with Crippen molar-refractivity contribution in [3.05, 3.63) is 36.0 Å².